The summed E-state index contributed by atoms with van der Waals surface area (Å²) in [6.45, 7) is 2.19. The fraction of sp³-hybridized carbons (Fsp3) is 0.320. The first kappa shape index (κ1) is 17.8. The molecule has 2 heterocycles. The van der Waals surface area contributed by atoms with Crippen molar-refractivity contribution in [2.45, 2.75) is 38.5 Å². The molecule has 1 aromatic heterocycles. The van der Waals surface area contributed by atoms with E-state index in [2.05, 4.69) is 70.7 Å². The van der Waals surface area contributed by atoms with E-state index >= 15 is 0 Å². The van der Waals surface area contributed by atoms with Crippen LogP contribution in [0.25, 0.3) is 10.9 Å². The van der Waals surface area contributed by atoms with Crippen LogP contribution in [0.1, 0.15) is 37.7 Å². The number of allylic oxidation sites excluding steroid dienone is 6. The Kier molecular flexibility index (Phi) is 5.83. The highest BCUT2D eigenvalue weighted by atomic mass is 15.1. The molecule has 27 heavy (non-hydrogen) atoms. The smallest absolute Gasteiger partial charge is 0.0702 e. The molecule has 2 heteroatoms. The summed E-state index contributed by atoms with van der Waals surface area (Å²) < 4.78 is 0. The minimum Gasteiger partial charge on any atom is -0.374 e. The first-order valence-corrected chi connectivity index (χ1v) is 10.2. The van der Waals surface area contributed by atoms with Crippen molar-refractivity contribution in [3.05, 3.63) is 89.8 Å². The van der Waals surface area contributed by atoms with Crippen molar-refractivity contribution in [2.24, 2.45) is 0 Å². The summed E-state index contributed by atoms with van der Waals surface area (Å²) in [4.78, 5) is 7.00. The van der Waals surface area contributed by atoms with Crippen LogP contribution < -0.4 is 0 Å². The van der Waals surface area contributed by atoms with Crippen LogP contribution >= 0.6 is 0 Å². The molecular formula is C25H28N2. The third-order valence-corrected chi connectivity index (χ3v) is 5.44. The Bertz CT molecular complexity index is 901. The van der Waals surface area contributed by atoms with Gasteiger partial charge in [0.25, 0.3) is 0 Å². The van der Waals surface area contributed by atoms with Crippen molar-refractivity contribution >= 4 is 10.9 Å². The molecule has 2 nitrogen and oxygen atoms in total. The number of aryl methyl sites for hydroxylation is 1. The fourth-order valence-electron chi connectivity index (χ4n) is 3.84. The third-order valence-electron chi connectivity index (χ3n) is 5.44. The first-order valence-electron chi connectivity index (χ1n) is 10.2. The SMILES string of the molecule is C1=CCC(C2=CCN(CCCCCc3cnc4ccccc4c3)C=C2)=CC1. The van der Waals surface area contributed by atoms with Crippen molar-refractivity contribution in [1.29, 1.82) is 0 Å². The van der Waals surface area contributed by atoms with Gasteiger partial charge < -0.3 is 4.90 Å². The maximum Gasteiger partial charge on any atom is 0.0702 e. The maximum absolute atomic E-state index is 4.57. The molecule has 0 amide bonds. The van der Waals surface area contributed by atoms with Crippen molar-refractivity contribution in [1.82, 2.24) is 9.88 Å². The average molecular weight is 357 g/mol. The average Bonchev–Trinajstić information content (AvgIpc) is 2.74. The number of fused-ring (bicyclic) bond motifs is 1. The molecule has 4 rings (SSSR count). The molecule has 0 spiro atoms. The van der Waals surface area contributed by atoms with Crippen molar-refractivity contribution in [2.75, 3.05) is 13.1 Å². The predicted molar refractivity (Wildman–Crippen MR) is 115 cm³/mol. The summed E-state index contributed by atoms with van der Waals surface area (Å²) in [6.07, 6.45) is 22.9. The van der Waals surface area contributed by atoms with Gasteiger partial charge in [0.05, 0.1) is 5.52 Å². The molecular weight excluding hydrogens is 328 g/mol. The van der Waals surface area contributed by atoms with Gasteiger partial charge in [-0.3, -0.25) is 4.98 Å². The van der Waals surface area contributed by atoms with Crippen molar-refractivity contribution in [3.8, 4) is 0 Å². The lowest BCUT2D eigenvalue weighted by atomic mass is 9.96. The summed E-state index contributed by atoms with van der Waals surface area (Å²) in [6, 6.07) is 10.6. The lowest BCUT2D eigenvalue weighted by Crippen LogP contribution is -2.21. The zero-order chi connectivity index (χ0) is 18.3. The van der Waals surface area contributed by atoms with Crippen LogP contribution in [-0.2, 0) is 6.42 Å². The predicted octanol–water partition coefficient (Wildman–Crippen LogP) is 5.98. The molecule has 2 aliphatic rings. The monoisotopic (exact) mass is 356 g/mol. The number of rotatable bonds is 7. The molecule has 1 aliphatic carbocycles. The lowest BCUT2D eigenvalue weighted by molar-refractivity contribution is 0.393. The highest BCUT2D eigenvalue weighted by molar-refractivity contribution is 5.78. The fourth-order valence-corrected chi connectivity index (χ4v) is 3.84. The lowest BCUT2D eigenvalue weighted by Gasteiger charge is -2.23. The Labute approximate surface area is 162 Å². The van der Waals surface area contributed by atoms with E-state index in [4.69, 9.17) is 0 Å². The van der Waals surface area contributed by atoms with E-state index in [-0.39, 0.29) is 0 Å². The Hall–Kier alpha value is -2.61. The summed E-state index contributed by atoms with van der Waals surface area (Å²) in [5.74, 6) is 0. The Morgan fingerprint density at radius 1 is 1.00 bits per heavy atom. The van der Waals surface area contributed by atoms with E-state index in [0.29, 0.717) is 0 Å². The van der Waals surface area contributed by atoms with Gasteiger partial charge in [0.2, 0.25) is 0 Å². The van der Waals surface area contributed by atoms with Crippen LogP contribution in [0, 0.1) is 0 Å². The number of hydrogen-bond acceptors (Lipinski definition) is 2. The van der Waals surface area contributed by atoms with Crippen LogP contribution in [0.2, 0.25) is 0 Å². The quantitative estimate of drug-likeness (QED) is 0.448. The number of hydrogen-bond donors (Lipinski definition) is 0. The Balaban J connectivity index is 1.17. The van der Waals surface area contributed by atoms with Crippen LogP contribution in [0.4, 0.5) is 0 Å². The number of pyridine rings is 1. The van der Waals surface area contributed by atoms with Gasteiger partial charge in [0, 0.05) is 24.7 Å². The summed E-state index contributed by atoms with van der Waals surface area (Å²) in [7, 11) is 0. The zero-order valence-corrected chi connectivity index (χ0v) is 16.0. The molecule has 138 valence electrons. The summed E-state index contributed by atoms with van der Waals surface area (Å²) in [5.41, 5.74) is 5.34. The molecule has 0 saturated heterocycles. The molecule has 0 N–H and O–H groups in total. The van der Waals surface area contributed by atoms with Crippen molar-refractivity contribution in [3.63, 3.8) is 0 Å². The number of benzene rings is 1. The molecule has 0 fully saturated rings. The second-order valence-corrected chi connectivity index (χ2v) is 7.46. The molecule has 0 bridgehead atoms. The topological polar surface area (TPSA) is 16.1 Å². The Morgan fingerprint density at radius 2 is 1.96 bits per heavy atom. The highest BCUT2D eigenvalue weighted by Crippen LogP contribution is 2.23. The van der Waals surface area contributed by atoms with E-state index in [1.807, 2.05) is 12.3 Å². The number of para-hydroxylation sites is 1. The first-order chi connectivity index (χ1) is 13.4. The van der Waals surface area contributed by atoms with E-state index in [9.17, 15) is 0 Å². The van der Waals surface area contributed by atoms with Gasteiger partial charge in [-0.25, -0.2) is 0 Å². The largest absolute Gasteiger partial charge is 0.374 e. The molecule has 1 aromatic carbocycles. The van der Waals surface area contributed by atoms with E-state index in [0.717, 1.165) is 37.9 Å². The third kappa shape index (κ3) is 4.77. The van der Waals surface area contributed by atoms with Gasteiger partial charge in [0.1, 0.15) is 0 Å². The number of nitrogens with zero attached hydrogens (tertiary/aromatic N) is 2. The zero-order valence-electron chi connectivity index (χ0n) is 16.0. The van der Waals surface area contributed by atoms with Gasteiger partial charge in [0.15, 0.2) is 0 Å². The van der Waals surface area contributed by atoms with Gasteiger partial charge in [-0.2, -0.15) is 0 Å². The minimum absolute atomic E-state index is 1.04. The van der Waals surface area contributed by atoms with Crippen LogP contribution in [0.15, 0.2) is 84.3 Å². The van der Waals surface area contributed by atoms with Crippen molar-refractivity contribution < 1.29 is 0 Å². The van der Waals surface area contributed by atoms with Gasteiger partial charge in [-0.1, -0.05) is 48.9 Å². The Morgan fingerprint density at radius 3 is 2.81 bits per heavy atom. The van der Waals surface area contributed by atoms with Gasteiger partial charge >= 0.3 is 0 Å². The van der Waals surface area contributed by atoms with Crippen LogP contribution in [-0.4, -0.2) is 23.0 Å². The number of unbranched alkanes of at least 4 members (excludes halogenated alkanes) is 2. The minimum atomic E-state index is 1.04. The van der Waals surface area contributed by atoms with E-state index < -0.39 is 0 Å². The molecule has 0 saturated carbocycles. The van der Waals surface area contributed by atoms with Gasteiger partial charge in [-0.05, 0) is 73.2 Å². The summed E-state index contributed by atoms with van der Waals surface area (Å²) >= 11 is 0. The normalized spacial score (nSPS) is 16.5. The second-order valence-electron chi connectivity index (χ2n) is 7.46. The standard InChI is InChI=1S/C25H28N2/c1-4-10-22(11-5-1)23-14-17-27(18-15-23)16-8-2-3-9-21-19-24-12-6-7-13-25(24)26-20-21/h1,4,6-7,11-15,17,19-20H,2-3,5,8-10,16,18H2. The van der Waals surface area contributed by atoms with Crippen LogP contribution in [0.5, 0.6) is 0 Å². The molecule has 1 aliphatic heterocycles. The van der Waals surface area contributed by atoms with E-state index in [1.165, 1.54) is 41.4 Å². The number of aromatic nitrogens is 1. The summed E-state index contributed by atoms with van der Waals surface area (Å²) in [5, 5.41) is 1.25. The molecule has 2 aromatic rings. The molecule has 0 atom stereocenters. The highest BCUT2D eigenvalue weighted by Gasteiger charge is 2.08. The van der Waals surface area contributed by atoms with Crippen LogP contribution in [0.3, 0.4) is 0 Å². The maximum atomic E-state index is 4.57. The molecule has 0 radical (unpaired) electrons. The molecule has 0 unspecified atom stereocenters. The van der Waals surface area contributed by atoms with Gasteiger partial charge in [-0.15, -0.1) is 0 Å². The second kappa shape index (κ2) is 8.85. The van der Waals surface area contributed by atoms with E-state index in [1.54, 1.807) is 0 Å².